The molecule has 1 aromatic carbocycles. The summed E-state index contributed by atoms with van der Waals surface area (Å²) in [6.07, 6.45) is 2.56. The van der Waals surface area contributed by atoms with Crippen molar-refractivity contribution in [2.24, 2.45) is 0 Å². The minimum absolute atomic E-state index is 0.692. The molecule has 0 saturated carbocycles. The van der Waals surface area contributed by atoms with E-state index in [1.807, 2.05) is 0 Å². The van der Waals surface area contributed by atoms with Crippen molar-refractivity contribution >= 4 is 21.6 Å². The number of aryl methyl sites for hydroxylation is 1. The zero-order valence-corrected chi connectivity index (χ0v) is 13.9. The second kappa shape index (κ2) is 6.76. The topological polar surface area (TPSA) is 6.48 Å². The van der Waals surface area contributed by atoms with Crippen LogP contribution in [0.1, 0.15) is 30.9 Å². The molecular formula is C16H25BrN2. The third-order valence-electron chi connectivity index (χ3n) is 4.43. The van der Waals surface area contributed by atoms with Gasteiger partial charge in [0.25, 0.3) is 0 Å². The lowest BCUT2D eigenvalue weighted by atomic mass is 10.0. The van der Waals surface area contributed by atoms with E-state index in [2.05, 4.69) is 64.8 Å². The summed E-state index contributed by atoms with van der Waals surface area (Å²) in [4.78, 5) is 5.02. The van der Waals surface area contributed by atoms with Gasteiger partial charge in [-0.3, -0.25) is 0 Å². The van der Waals surface area contributed by atoms with Crippen LogP contribution in [0, 0.1) is 6.92 Å². The summed E-state index contributed by atoms with van der Waals surface area (Å²) in [6.45, 7) is 8.13. The minimum Gasteiger partial charge on any atom is -0.372 e. The lowest BCUT2D eigenvalue weighted by Crippen LogP contribution is -2.43. The molecule has 2 rings (SSSR count). The zero-order chi connectivity index (χ0) is 13.8. The van der Waals surface area contributed by atoms with E-state index in [1.54, 1.807) is 0 Å². The maximum Gasteiger partial charge on any atom is 0.0368 e. The van der Waals surface area contributed by atoms with Crippen molar-refractivity contribution < 1.29 is 0 Å². The summed E-state index contributed by atoms with van der Waals surface area (Å²) in [6, 6.07) is 7.52. The quantitative estimate of drug-likeness (QED) is 0.777. The van der Waals surface area contributed by atoms with Crippen molar-refractivity contribution in [1.82, 2.24) is 4.90 Å². The third kappa shape index (κ3) is 3.51. The van der Waals surface area contributed by atoms with Crippen LogP contribution in [-0.2, 0) is 5.33 Å². The first-order valence-corrected chi connectivity index (χ1v) is 8.38. The summed E-state index contributed by atoms with van der Waals surface area (Å²) in [5, 5.41) is 0.942. The van der Waals surface area contributed by atoms with E-state index in [0.717, 1.165) is 5.33 Å². The number of alkyl halides is 1. The Morgan fingerprint density at radius 1 is 1.32 bits per heavy atom. The molecule has 0 radical (unpaired) electrons. The molecule has 0 aliphatic carbocycles. The fraction of sp³-hybridized carbons (Fsp3) is 0.625. The van der Waals surface area contributed by atoms with Crippen LogP contribution in [-0.4, -0.2) is 37.6 Å². The van der Waals surface area contributed by atoms with Crippen molar-refractivity contribution in [1.29, 1.82) is 0 Å². The van der Waals surface area contributed by atoms with Crippen molar-refractivity contribution in [2.75, 3.05) is 31.6 Å². The Labute approximate surface area is 125 Å². The van der Waals surface area contributed by atoms with Crippen LogP contribution < -0.4 is 4.90 Å². The summed E-state index contributed by atoms with van der Waals surface area (Å²) < 4.78 is 0. The molecule has 0 atom stereocenters. The number of halogens is 1. The van der Waals surface area contributed by atoms with Crippen molar-refractivity contribution in [3.05, 3.63) is 29.3 Å². The minimum atomic E-state index is 0.692. The van der Waals surface area contributed by atoms with E-state index >= 15 is 0 Å². The van der Waals surface area contributed by atoms with Gasteiger partial charge in [-0.25, -0.2) is 0 Å². The van der Waals surface area contributed by atoms with Gasteiger partial charge in [0.1, 0.15) is 0 Å². The molecule has 0 aromatic heterocycles. The number of piperidine rings is 1. The van der Waals surface area contributed by atoms with Crippen molar-refractivity contribution in [2.45, 2.75) is 38.1 Å². The van der Waals surface area contributed by atoms with E-state index in [0.29, 0.717) is 6.04 Å². The molecule has 0 N–H and O–H groups in total. The van der Waals surface area contributed by atoms with Gasteiger partial charge in [-0.2, -0.15) is 0 Å². The van der Waals surface area contributed by atoms with E-state index < -0.39 is 0 Å². The molecular weight excluding hydrogens is 300 g/mol. The maximum absolute atomic E-state index is 3.54. The highest BCUT2D eigenvalue weighted by Gasteiger charge is 2.21. The van der Waals surface area contributed by atoms with E-state index in [1.165, 1.54) is 49.3 Å². The van der Waals surface area contributed by atoms with Crippen molar-refractivity contribution in [3.8, 4) is 0 Å². The van der Waals surface area contributed by atoms with Crippen LogP contribution in [0.3, 0.4) is 0 Å². The molecule has 1 aliphatic heterocycles. The molecule has 0 spiro atoms. The van der Waals surface area contributed by atoms with Gasteiger partial charge in [-0.1, -0.05) is 28.9 Å². The van der Waals surface area contributed by atoms with Gasteiger partial charge in [0.05, 0.1) is 0 Å². The fourth-order valence-electron chi connectivity index (χ4n) is 2.88. The van der Waals surface area contributed by atoms with Gasteiger partial charge >= 0.3 is 0 Å². The molecule has 1 fully saturated rings. The van der Waals surface area contributed by atoms with E-state index in [9.17, 15) is 0 Å². The number of anilines is 1. The monoisotopic (exact) mass is 324 g/mol. The summed E-state index contributed by atoms with van der Waals surface area (Å²) in [7, 11) is 2.24. The smallest absolute Gasteiger partial charge is 0.0368 e. The highest BCUT2D eigenvalue weighted by atomic mass is 79.9. The number of rotatable bonds is 4. The summed E-state index contributed by atoms with van der Waals surface area (Å²) in [5.74, 6) is 0. The predicted molar refractivity (Wildman–Crippen MR) is 87.3 cm³/mol. The Morgan fingerprint density at radius 3 is 2.53 bits per heavy atom. The molecule has 1 saturated heterocycles. The second-order valence-corrected chi connectivity index (χ2v) is 6.08. The van der Waals surface area contributed by atoms with Crippen LogP contribution in [0.4, 0.5) is 5.69 Å². The largest absolute Gasteiger partial charge is 0.372 e. The zero-order valence-electron chi connectivity index (χ0n) is 12.3. The van der Waals surface area contributed by atoms with E-state index in [-0.39, 0.29) is 0 Å². The Bertz CT molecular complexity index is 411. The van der Waals surface area contributed by atoms with Gasteiger partial charge in [0, 0.05) is 37.2 Å². The highest BCUT2D eigenvalue weighted by Crippen LogP contribution is 2.25. The van der Waals surface area contributed by atoms with Crippen molar-refractivity contribution in [3.63, 3.8) is 0 Å². The molecule has 3 heteroatoms. The average molecular weight is 325 g/mol. The van der Waals surface area contributed by atoms with Gasteiger partial charge in [-0.05, 0) is 49.6 Å². The Balaban J connectivity index is 2.03. The van der Waals surface area contributed by atoms with Crippen LogP contribution in [0.5, 0.6) is 0 Å². The number of benzene rings is 1. The second-order valence-electron chi connectivity index (χ2n) is 5.52. The molecule has 19 heavy (non-hydrogen) atoms. The molecule has 1 heterocycles. The lowest BCUT2D eigenvalue weighted by Gasteiger charge is -2.37. The summed E-state index contributed by atoms with van der Waals surface area (Å²) in [5.41, 5.74) is 4.13. The first-order valence-electron chi connectivity index (χ1n) is 7.26. The predicted octanol–water partition coefficient (Wildman–Crippen LogP) is 3.81. The number of likely N-dealkylation sites (tertiary alicyclic amines) is 1. The average Bonchev–Trinajstić information content (AvgIpc) is 2.46. The van der Waals surface area contributed by atoms with Crippen LogP contribution in [0.15, 0.2) is 18.2 Å². The number of hydrogen-bond acceptors (Lipinski definition) is 2. The first kappa shape index (κ1) is 14.9. The summed E-state index contributed by atoms with van der Waals surface area (Å²) >= 11 is 3.54. The number of nitrogens with zero attached hydrogens (tertiary/aromatic N) is 2. The normalized spacial score (nSPS) is 17.7. The molecule has 0 amide bonds. The molecule has 1 aliphatic rings. The Kier molecular flexibility index (Phi) is 5.28. The van der Waals surface area contributed by atoms with Crippen LogP contribution >= 0.6 is 15.9 Å². The van der Waals surface area contributed by atoms with Gasteiger partial charge in [0.15, 0.2) is 0 Å². The van der Waals surface area contributed by atoms with E-state index in [4.69, 9.17) is 0 Å². The molecule has 1 aromatic rings. The fourth-order valence-corrected chi connectivity index (χ4v) is 3.51. The van der Waals surface area contributed by atoms with Crippen LogP contribution in [0.2, 0.25) is 0 Å². The SMILES string of the molecule is CCN1CCC(N(C)c2ccc(CBr)c(C)c2)CC1. The molecule has 2 nitrogen and oxygen atoms in total. The Morgan fingerprint density at radius 2 is 2.00 bits per heavy atom. The molecule has 106 valence electrons. The highest BCUT2D eigenvalue weighted by molar-refractivity contribution is 9.08. The third-order valence-corrected chi connectivity index (χ3v) is 5.03. The standard InChI is InChI=1S/C16H25BrN2/c1-4-19-9-7-15(8-10-19)18(3)16-6-5-14(12-17)13(2)11-16/h5-6,11,15H,4,7-10,12H2,1-3H3. The van der Waals surface area contributed by atoms with Crippen LogP contribution in [0.25, 0.3) is 0 Å². The molecule has 0 unspecified atom stereocenters. The molecule has 0 bridgehead atoms. The first-order chi connectivity index (χ1) is 9.15. The Hall–Kier alpha value is -0.540. The lowest BCUT2D eigenvalue weighted by molar-refractivity contribution is 0.221. The number of hydrogen-bond donors (Lipinski definition) is 0. The van der Waals surface area contributed by atoms with Gasteiger partial charge in [0.2, 0.25) is 0 Å². The van der Waals surface area contributed by atoms with Gasteiger partial charge < -0.3 is 9.80 Å². The van der Waals surface area contributed by atoms with Gasteiger partial charge in [-0.15, -0.1) is 0 Å². The maximum atomic E-state index is 3.54.